The minimum atomic E-state index is -0.897. The lowest BCUT2D eigenvalue weighted by atomic mass is 10.0. The molecule has 0 atom stereocenters. The van der Waals surface area contributed by atoms with Gasteiger partial charge < -0.3 is 10.0 Å². The number of nitrogens with zero attached hydrogens (tertiary/aromatic N) is 2. The standard InChI is InChI=1S/C15H22N2O2S/c1-16-8-5-13(6-9-16)17(2)11-14-12(7-10-20-14)3-4-15(18)19/h3-4,7,10,13H,5-6,8-9,11H2,1-2H3,(H,18,19). The normalized spacial score (nSPS) is 18.1. The molecule has 0 amide bonds. The summed E-state index contributed by atoms with van der Waals surface area (Å²) in [5, 5.41) is 10.7. The van der Waals surface area contributed by atoms with Crippen LogP contribution in [0.3, 0.4) is 0 Å². The van der Waals surface area contributed by atoms with Crippen molar-refractivity contribution in [2.45, 2.75) is 25.4 Å². The third-order valence-corrected chi connectivity index (χ3v) is 4.81. The van der Waals surface area contributed by atoms with Crippen LogP contribution in [0.1, 0.15) is 23.3 Å². The maximum absolute atomic E-state index is 10.6. The maximum atomic E-state index is 10.6. The van der Waals surface area contributed by atoms with Crippen molar-refractivity contribution in [2.75, 3.05) is 27.2 Å². The predicted molar refractivity (Wildman–Crippen MR) is 83.0 cm³/mol. The van der Waals surface area contributed by atoms with Crippen molar-refractivity contribution >= 4 is 23.4 Å². The van der Waals surface area contributed by atoms with Crippen molar-refractivity contribution in [1.82, 2.24) is 9.80 Å². The molecule has 0 saturated carbocycles. The molecule has 0 radical (unpaired) electrons. The number of aliphatic carboxylic acids is 1. The smallest absolute Gasteiger partial charge is 0.328 e. The number of carboxylic acids is 1. The summed E-state index contributed by atoms with van der Waals surface area (Å²) in [6.45, 7) is 3.21. The van der Waals surface area contributed by atoms with Gasteiger partial charge in [0.25, 0.3) is 0 Å². The van der Waals surface area contributed by atoms with Crippen molar-refractivity contribution < 1.29 is 9.90 Å². The Morgan fingerprint density at radius 2 is 2.25 bits per heavy atom. The van der Waals surface area contributed by atoms with E-state index in [4.69, 9.17) is 5.11 Å². The molecule has 0 unspecified atom stereocenters. The molecule has 20 heavy (non-hydrogen) atoms. The minimum absolute atomic E-state index is 0.629. The Hall–Kier alpha value is -1.17. The first kappa shape index (κ1) is 15.2. The first-order valence-corrected chi connectivity index (χ1v) is 7.80. The second kappa shape index (κ2) is 7.02. The number of hydrogen-bond donors (Lipinski definition) is 1. The second-order valence-corrected chi connectivity index (χ2v) is 6.42. The van der Waals surface area contributed by atoms with E-state index in [1.165, 1.54) is 23.8 Å². The number of rotatable bonds is 5. The number of carboxylic acid groups (broad SMARTS) is 1. The molecule has 0 aromatic carbocycles. The molecule has 5 heteroatoms. The lowest BCUT2D eigenvalue weighted by molar-refractivity contribution is -0.131. The van der Waals surface area contributed by atoms with Gasteiger partial charge >= 0.3 is 5.97 Å². The monoisotopic (exact) mass is 294 g/mol. The molecule has 2 rings (SSSR count). The van der Waals surface area contributed by atoms with Crippen LogP contribution in [0.15, 0.2) is 17.5 Å². The Morgan fingerprint density at radius 3 is 2.90 bits per heavy atom. The summed E-state index contributed by atoms with van der Waals surface area (Å²) in [6.07, 6.45) is 5.31. The van der Waals surface area contributed by atoms with E-state index in [-0.39, 0.29) is 0 Å². The summed E-state index contributed by atoms with van der Waals surface area (Å²) in [6, 6.07) is 2.62. The van der Waals surface area contributed by atoms with Crippen molar-refractivity contribution in [1.29, 1.82) is 0 Å². The van der Waals surface area contributed by atoms with Crippen LogP contribution in [0.4, 0.5) is 0 Å². The average molecular weight is 294 g/mol. The van der Waals surface area contributed by atoms with Crippen LogP contribution in [0.2, 0.25) is 0 Å². The zero-order valence-electron chi connectivity index (χ0n) is 12.1. The van der Waals surface area contributed by atoms with E-state index in [1.54, 1.807) is 17.4 Å². The summed E-state index contributed by atoms with van der Waals surface area (Å²) >= 11 is 1.70. The molecule has 1 fully saturated rings. The quantitative estimate of drug-likeness (QED) is 0.847. The molecule has 0 aliphatic carbocycles. The lowest BCUT2D eigenvalue weighted by Gasteiger charge is -2.35. The van der Waals surface area contributed by atoms with Crippen LogP contribution < -0.4 is 0 Å². The van der Waals surface area contributed by atoms with E-state index in [9.17, 15) is 4.79 Å². The zero-order valence-corrected chi connectivity index (χ0v) is 12.9. The molecule has 110 valence electrons. The molecular formula is C15H22N2O2S. The third-order valence-electron chi connectivity index (χ3n) is 3.89. The van der Waals surface area contributed by atoms with Gasteiger partial charge in [-0.05, 0) is 63.1 Å². The molecule has 1 aliphatic heterocycles. The Kier molecular flexibility index (Phi) is 5.34. The fourth-order valence-electron chi connectivity index (χ4n) is 2.58. The fourth-order valence-corrected chi connectivity index (χ4v) is 3.51. The van der Waals surface area contributed by atoms with Gasteiger partial charge in [0.05, 0.1) is 0 Å². The maximum Gasteiger partial charge on any atom is 0.328 e. The Labute approximate surface area is 124 Å². The van der Waals surface area contributed by atoms with Crippen molar-refractivity contribution in [3.05, 3.63) is 28.0 Å². The van der Waals surface area contributed by atoms with Gasteiger partial charge in [-0.15, -0.1) is 11.3 Å². The van der Waals surface area contributed by atoms with E-state index in [2.05, 4.69) is 23.9 Å². The van der Waals surface area contributed by atoms with Crippen LogP contribution in [-0.4, -0.2) is 54.1 Å². The predicted octanol–water partition coefficient (Wildman–Crippen LogP) is 2.37. The number of likely N-dealkylation sites (tertiary alicyclic amines) is 1. The van der Waals surface area contributed by atoms with Crippen molar-refractivity contribution in [3.63, 3.8) is 0 Å². The van der Waals surface area contributed by atoms with Gasteiger partial charge in [0, 0.05) is 23.5 Å². The first-order chi connectivity index (χ1) is 9.56. The van der Waals surface area contributed by atoms with Gasteiger partial charge in [-0.25, -0.2) is 4.79 Å². The fraction of sp³-hybridized carbons (Fsp3) is 0.533. The number of carbonyl (C=O) groups is 1. The topological polar surface area (TPSA) is 43.8 Å². The van der Waals surface area contributed by atoms with Gasteiger partial charge in [0.15, 0.2) is 0 Å². The highest BCUT2D eigenvalue weighted by atomic mass is 32.1. The molecule has 1 N–H and O–H groups in total. The zero-order chi connectivity index (χ0) is 14.5. The highest BCUT2D eigenvalue weighted by Gasteiger charge is 2.21. The van der Waals surface area contributed by atoms with Gasteiger partial charge in [0.2, 0.25) is 0 Å². The van der Waals surface area contributed by atoms with Crippen LogP contribution in [0, 0.1) is 0 Å². The van der Waals surface area contributed by atoms with Gasteiger partial charge in [0.1, 0.15) is 0 Å². The van der Waals surface area contributed by atoms with E-state index in [1.807, 2.05) is 11.4 Å². The van der Waals surface area contributed by atoms with E-state index in [0.717, 1.165) is 25.2 Å². The Morgan fingerprint density at radius 1 is 1.55 bits per heavy atom. The highest BCUT2D eigenvalue weighted by molar-refractivity contribution is 7.10. The lowest BCUT2D eigenvalue weighted by Crippen LogP contribution is -2.41. The van der Waals surface area contributed by atoms with Gasteiger partial charge in [-0.3, -0.25) is 4.90 Å². The largest absolute Gasteiger partial charge is 0.478 e. The molecule has 0 spiro atoms. The molecule has 4 nitrogen and oxygen atoms in total. The second-order valence-electron chi connectivity index (χ2n) is 5.42. The van der Waals surface area contributed by atoms with Gasteiger partial charge in [-0.2, -0.15) is 0 Å². The van der Waals surface area contributed by atoms with Crippen LogP contribution in [0.25, 0.3) is 6.08 Å². The molecular weight excluding hydrogens is 272 g/mol. The van der Waals surface area contributed by atoms with Crippen molar-refractivity contribution in [2.24, 2.45) is 0 Å². The van der Waals surface area contributed by atoms with Crippen LogP contribution >= 0.6 is 11.3 Å². The average Bonchev–Trinajstić information content (AvgIpc) is 2.84. The molecule has 1 saturated heterocycles. The SMILES string of the molecule is CN1CCC(N(C)Cc2sccc2C=CC(=O)O)CC1. The summed E-state index contributed by atoms with van der Waals surface area (Å²) in [5.41, 5.74) is 1.03. The number of thiophene rings is 1. The summed E-state index contributed by atoms with van der Waals surface area (Å²) in [5.74, 6) is -0.897. The van der Waals surface area contributed by atoms with Gasteiger partial charge in [-0.1, -0.05) is 0 Å². The van der Waals surface area contributed by atoms with Crippen LogP contribution in [0.5, 0.6) is 0 Å². The Bertz CT molecular complexity index is 476. The highest BCUT2D eigenvalue weighted by Crippen LogP contribution is 2.23. The van der Waals surface area contributed by atoms with E-state index >= 15 is 0 Å². The summed E-state index contributed by atoms with van der Waals surface area (Å²) < 4.78 is 0. The van der Waals surface area contributed by atoms with Crippen LogP contribution in [-0.2, 0) is 11.3 Å². The molecule has 1 aromatic rings. The van der Waals surface area contributed by atoms with E-state index < -0.39 is 5.97 Å². The summed E-state index contributed by atoms with van der Waals surface area (Å²) in [7, 11) is 4.34. The number of hydrogen-bond acceptors (Lipinski definition) is 4. The Balaban J connectivity index is 1.96. The van der Waals surface area contributed by atoms with E-state index in [0.29, 0.717) is 6.04 Å². The third kappa shape index (κ3) is 4.16. The van der Waals surface area contributed by atoms with Crippen molar-refractivity contribution in [3.8, 4) is 0 Å². The molecule has 0 bridgehead atoms. The molecule has 1 aromatic heterocycles. The number of piperidine rings is 1. The minimum Gasteiger partial charge on any atom is -0.478 e. The molecule has 2 heterocycles. The first-order valence-electron chi connectivity index (χ1n) is 6.92. The molecule has 1 aliphatic rings. The summed E-state index contributed by atoms with van der Waals surface area (Å²) in [4.78, 5) is 16.6.